The number of nitrogens with one attached hydrogen (secondary N) is 1. The normalized spacial score (nSPS) is 9.90. The van der Waals surface area contributed by atoms with E-state index in [-0.39, 0.29) is 11.7 Å². The van der Waals surface area contributed by atoms with E-state index in [1.807, 2.05) is 24.3 Å². The van der Waals surface area contributed by atoms with E-state index in [9.17, 15) is 4.79 Å². The van der Waals surface area contributed by atoms with Gasteiger partial charge in [0.25, 0.3) is 0 Å². The highest BCUT2D eigenvalue weighted by atomic mass is 35.5. The zero-order valence-corrected chi connectivity index (χ0v) is 12.5. The molecule has 0 saturated carbocycles. The number of thioether (sulfide) groups is 1. The van der Waals surface area contributed by atoms with Gasteiger partial charge in [-0.1, -0.05) is 23.7 Å². The molecule has 0 bridgehead atoms. The van der Waals surface area contributed by atoms with Gasteiger partial charge in [-0.2, -0.15) is 5.26 Å². The van der Waals surface area contributed by atoms with Gasteiger partial charge in [0.2, 0.25) is 5.91 Å². The molecule has 0 aromatic heterocycles. The molecule has 0 fully saturated rings. The molecule has 0 aliphatic heterocycles. The van der Waals surface area contributed by atoms with Crippen LogP contribution in [-0.4, -0.2) is 11.7 Å². The molecule has 21 heavy (non-hydrogen) atoms. The number of carbonyl (C=O) groups excluding carboxylic acids is 1. The minimum absolute atomic E-state index is 0.163. The van der Waals surface area contributed by atoms with Crippen LogP contribution in [0.3, 0.4) is 0 Å². The third kappa shape index (κ3) is 4.15. The second kappa shape index (κ2) is 7.02. The summed E-state index contributed by atoms with van der Waals surface area (Å²) >= 11 is 7.28. The van der Waals surface area contributed by atoms with Gasteiger partial charge in [0.05, 0.1) is 16.3 Å². The minimum Gasteiger partial charge on any atom is -0.398 e. The predicted octanol–water partition coefficient (Wildman–Crippen LogP) is 3.52. The lowest BCUT2D eigenvalue weighted by molar-refractivity contribution is -0.113. The fraction of sp³-hybridized carbons (Fsp3) is 0.0667. The lowest BCUT2D eigenvalue weighted by Gasteiger charge is -2.07. The first-order chi connectivity index (χ1) is 10.1. The smallest absolute Gasteiger partial charge is 0.234 e. The van der Waals surface area contributed by atoms with Crippen molar-refractivity contribution in [3.63, 3.8) is 0 Å². The molecular weight excluding hydrogens is 306 g/mol. The van der Waals surface area contributed by atoms with E-state index in [0.717, 1.165) is 4.90 Å². The van der Waals surface area contributed by atoms with Crippen LogP contribution in [0, 0.1) is 11.3 Å². The van der Waals surface area contributed by atoms with Gasteiger partial charge in [-0.05, 0) is 30.3 Å². The number of carbonyl (C=O) groups is 1. The number of para-hydroxylation sites is 1. The lowest BCUT2D eigenvalue weighted by Crippen LogP contribution is -2.14. The van der Waals surface area contributed by atoms with E-state index >= 15 is 0 Å². The van der Waals surface area contributed by atoms with Gasteiger partial charge < -0.3 is 11.1 Å². The number of nitriles is 1. The van der Waals surface area contributed by atoms with Gasteiger partial charge in [0, 0.05) is 16.3 Å². The van der Waals surface area contributed by atoms with Gasteiger partial charge >= 0.3 is 0 Å². The predicted molar refractivity (Wildman–Crippen MR) is 86.4 cm³/mol. The summed E-state index contributed by atoms with van der Waals surface area (Å²) in [5.41, 5.74) is 7.40. The standard InChI is InChI=1S/C15H12ClN3OS/c16-12-7-11(6-5-10(12)8-17)19-15(20)9-21-14-4-2-1-3-13(14)18/h1-7H,9,18H2,(H,19,20). The Balaban J connectivity index is 1.95. The Morgan fingerprint density at radius 1 is 1.33 bits per heavy atom. The molecule has 3 N–H and O–H groups in total. The van der Waals surface area contributed by atoms with Crippen LogP contribution in [0.5, 0.6) is 0 Å². The van der Waals surface area contributed by atoms with Crippen molar-refractivity contribution in [2.45, 2.75) is 4.90 Å². The topological polar surface area (TPSA) is 78.9 Å². The maximum absolute atomic E-state index is 11.9. The fourth-order valence-corrected chi connectivity index (χ4v) is 2.63. The van der Waals surface area contributed by atoms with Crippen LogP contribution < -0.4 is 11.1 Å². The summed E-state index contributed by atoms with van der Waals surface area (Å²) < 4.78 is 0. The zero-order valence-electron chi connectivity index (χ0n) is 11.0. The average Bonchev–Trinajstić information content (AvgIpc) is 2.46. The Kier molecular flexibility index (Phi) is 5.09. The molecule has 0 aliphatic carbocycles. The van der Waals surface area contributed by atoms with Crippen molar-refractivity contribution in [2.24, 2.45) is 0 Å². The van der Waals surface area contributed by atoms with Crippen molar-refractivity contribution in [3.8, 4) is 6.07 Å². The number of hydrogen-bond acceptors (Lipinski definition) is 4. The Morgan fingerprint density at radius 2 is 2.10 bits per heavy atom. The second-order valence-corrected chi connectivity index (χ2v) is 5.61. The third-order valence-electron chi connectivity index (χ3n) is 2.65. The number of rotatable bonds is 4. The van der Waals surface area contributed by atoms with Crippen LogP contribution in [0.2, 0.25) is 5.02 Å². The summed E-state index contributed by atoms with van der Waals surface area (Å²) in [6, 6.07) is 14.1. The number of halogens is 1. The molecule has 2 rings (SSSR count). The Hall–Kier alpha value is -2.16. The second-order valence-electron chi connectivity index (χ2n) is 4.18. The molecule has 1 amide bonds. The fourth-order valence-electron chi connectivity index (χ4n) is 1.64. The highest BCUT2D eigenvalue weighted by Gasteiger charge is 2.07. The van der Waals surface area contributed by atoms with Crippen LogP contribution in [0.4, 0.5) is 11.4 Å². The molecule has 0 aliphatic rings. The highest BCUT2D eigenvalue weighted by Crippen LogP contribution is 2.25. The molecule has 6 heteroatoms. The van der Waals surface area contributed by atoms with Crippen molar-refractivity contribution in [1.82, 2.24) is 0 Å². The van der Waals surface area contributed by atoms with E-state index in [1.54, 1.807) is 24.3 Å². The maximum Gasteiger partial charge on any atom is 0.234 e. The Labute approximate surface area is 131 Å². The van der Waals surface area contributed by atoms with Crippen molar-refractivity contribution in [2.75, 3.05) is 16.8 Å². The number of hydrogen-bond donors (Lipinski definition) is 2. The number of amides is 1. The largest absolute Gasteiger partial charge is 0.398 e. The SMILES string of the molecule is N#Cc1ccc(NC(=O)CSc2ccccc2N)cc1Cl. The van der Waals surface area contributed by atoms with Crippen LogP contribution >= 0.6 is 23.4 Å². The van der Waals surface area contributed by atoms with Gasteiger partial charge in [0.1, 0.15) is 6.07 Å². The molecule has 0 atom stereocenters. The van der Waals surface area contributed by atoms with Crippen LogP contribution in [0.1, 0.15) is 5.56 Å². The van der Waals surface area contributed by atoms with Gasteiger partial charge in [-0.3, -0.25) is 4.79 Å². The molecule has 4 nitrogen and oxygen atoms in total. The Bertz CT molecular complexity index is 712. The first-order valence-electron chi connectivity index (χ1n) is 6.07. The van der Waals surface area contributed by atoms with Gasteiger partial charge in [-0.15, -0.1) is 11.8 Å². The van der Waals surface area contributed by atoms with Crippen LogP contribution in [0.15, 0.2) is 47.4 Å². The van der Waals surface area contributed by atoms with E-state index < -0.39 is 0 Å². The Morgan fingerprint density at radius 3 is 2.76 bits per heavy atom. The van der Waals surface area contributed by atoms with Gasteiger partial charge in [0.15, 0.2) is 0 Å². The summed E-state index contributed by atoms with van der Waals surface area (Å²) in [5, 5.41) is 11.8. The molecule has 2 aromatic rings. The molecule has 0 spiro atoms. The summed E-state index contributed by atoms with van der Waals surface area (Å²) in [6.45, 7) is 0. The van der Waals surface area contributed by atoms with E-state index in [4.69, 9.17) is 22.6 Å². The monoisotopic (exact) mass is 317 g/mol. The number of nitrogens with two attached hydrogens (primary N) is 1. The molecule has 0 radical (unpaired) electrons. The molecule has 2 aromatic carbocycles. The van der Waals surface area contributed by atoms with Crippen molar-refractivity contribution in [1.29, 1.82) is 5.26 Å². The maximum atomic E-state index is 11.9. The van der Waals surface area contributed by atoms with Crippen LogP contribution in [0.25, 0.3) is 0 Å². The number of benzene rings is 2. The summed E-state index contributed by atoms with van der Waals surface area (Å²) in [5.74, 6) is 0.0790. The first kappa shape index (κ1) is 15.2. The van der Waals surface area contributed by atoms with Crippen molar-refractivity contribution < 1.29 is 4.79 Å². The van der Waals surface area contributed by atoms with E-state index in [2.05, 4.69) is 5.32 Å². The van der Waals surface area contributed by atoms with Gasteiger partial charge in [-0.25, -0.2) is 0 Å². The molecule has 0 unspecified atom stereocenters. The highest BCUT2D eigenvalue weighted by molar-refractivity contribution is 8.00. The van der Waals surface area contributed by atoms with E-state index in [0.29, 0.717) is 22.0 Å². The summed E-state index contributed by atoms with van der Waals surface area (Å²) in [6.07, 6.45) is 0. The molecule has 0 saturated heterocycles. The third-order valence-corrected chi connectivity index (χ3v) is 4.05. The molecular formula is C15H12ClN3OS. The van der Waals surface area contributed by atoms with Crippen molar-refractivity contribution in [3.05, 3.63) is 53.1 Å². The average molecular weight is 318 g/mol. The summed E-state index contributed by atoms with van der Waals surface area (Å²) in [7, 11) is 0. The van der Waals surface area contributed by atoms with E-state index in [1.165, 1.54) is 11.8 Å². The van der Waals surface area contributed by atoms with Crippen molar-refractivity contribution >= 4 is 40.6 Å². The quantitative estimate of drug-likeness (QED) is 0.668. The van der Waals surface area contributed by atoms with Crippen LogP contribution in [-0.2, 0) is 4.79 Å². The zero-order chi connectivity index (χ0) is 15.2. The number of nitrogens with zero attached hydrogens (tertiary/aromatic N) is 1. The number of anilines is 2. The first-order valence-corrected chi connectivity index (χ1v) is 7.43. The minimum atomic E-state index is -0.163. The lowest BCUT2D eigenvalue weighted by atomic mass is 10.2. The molecule has 106 valence electrons. The summed E-state index contributed by atoms with van der Waals surface area (Å²) in [4.78, 5) is 12.7. The number of nitrogen functional groups attached to an aromatic ring is 1. The molecule has 0 heterocycles.